The van der Waals surface area contributed by atoms with Gasteiger partial charge in [0.15, 0.2) is 5.78 Å². The Hall–Kier alpha value is -2.46. The summed E-state index contributed by atoms with van der Waals surface area (Å²) < 4.78 is 0. The van der Waals surface area contributed by atoms with Gasteiger partial charge in [0, 0.05) is 30.3 Å². The summed E-state index contributed by atoms with van der Waals surface area (Å²) in [6.07, 6.45) is 2.50. The molecule has 2 atom stereocenters. The number of likely N-dealkylation sites (tertiary alicyclic amines) is 1. The van der Waals surface area contributed by atoms with Gasteiger partial charge < -0.3 is 5.32 Å². The molecule has 1 amide bonds. The van der Waals surface area contributed by atoms with E-state index in [0.29, 0.717) is 29.2 Å². The summed E-state index contributed by atoms with van der Waals surface area (Å²) in [5.41, 5.74) is 1.47. The van der Waals surface area contributed by atoms with Crippen LogP contribution in [0.5, 0.6) is 0 Å². The zero-order valence-corrected chi connectivity index (χ0v) is 16.2. The highest BCUT2D eigenvalue weighted by atomic mass is 16.2. The Morgan fingerprint density at radius 2 is 1.74 bits per heavy atom. The lowest BCUT2D eigenvalue weighted by atomic mass is 9.97. The number of benzene rings is 2. The summed E-state index contributed by atoms with van der Waals surface area (Å²) in [4.78, 5) is 28.0. The minimum absolute atomic E-state index is 0.126. The van der Waals surface area contributed by atoms with Gasteiger partial charge in [0.1, 0.15) is 0 Å². The molecule has 0 aliphatic carbocycles. The zero-order valence-electron chi connectivity index (χ0n) is 16.2. The molecule has 4 heteroatoms. The Morgan fingerprint density at radius 1 is 1.07 bits per heavy atom. The number of hydrogen-bond donors (Lipinski definition) is 1. The van der Waals surface area contributed by atoms with E-state index in [1.54, 1.807) is 36.4 Å². The summed E-state index contributed by atoms with van der Waals surface area (Å²) in [6.45, 7) is 7.19. The van der Waals surface area contributed by atoms with Crippen LogP contribution in [0.1, 0.15) is 53.0 Å². The van der Waals surface area contributed by atoms with Gasteiger partial charge in [0.2, 0.25) is 0 Å². The molecule has 0 bridgehead atoms. The van der Waals surface area contributed by atoms with Crippen molar-refractivity contribution in [1.29, 1.82) is 0 Å². The number of hydrogen-bond acceptors (Lipinski definition) is 3. The van der Waals surface area contributed by atoms with E-state index >= 15 is 0 Å². The van der Waals surface area contributed by atoms with Crippen LogP contribution in [0.3, 0.4) is 0 Å². The summed E-state index contributed by atoms with van der Waals surface area (Å²) in [6, 6.07) is 16.4. The Labute approximate surface area is 161 Å². The second-order valence-electron chi connectivity index (χ2n) is 7.54. The van der Waals surface area contributed by atoms with Crippen LogP contribution < -0.4 is 5.32 Å². The molecule has 1 fully saturated rings. The molecule has 1 aliphatic heterocycles. The Bertz CT molecular complexity index is 788. The van der Waals surface area contributed by atoms with Crippen molar-refractivity contribution < 1.29 is 9.59 Å². The molecule has 3 rings (SSSR count). The Morgan fingerprint density at radius 3 is 2.44 bits per heavy atom. The smallest absolute Gasteiger partial charge is 0.252 e. The fraction of sp³-hybridized carbons (Fsp3) is 0.391. The fourth-order valence-electron chi connectivity index (χ4n) is 3.71. The normalized spacial score (nSPS) is 18.7. The summed E-state index contributed by atoms with van der Waals surface area (Å²) in [7, 11) is 0. The van der Waals surface area contributed by atoms with E-state index in [1.165, 1.54) is 12.8 Å². The van der Waals surface area contributed by atoms with Gasteiger partial charge in [0.05, 0.1) is 5.56 Å². The van der Waals surface area contributed by atoms with Gasteiger partial charge in [-0.2, -0.15) is 0 Å². The van der Waals surface area contributed by atoms with Gasteiger partial charge in [-0.05, 0) is 38.3 Å². The minimum atomic E-state index is -0.188. The topological polar surface area (TPSA) is 49.4 Å². The fourth-order valence-corrected chi connectivity index (χ4v) is 3.71. The van der Waals surface area contributed by atoms with E-state index in [-0.39, 0.29) is 17.7 Å². The lowest BCUT2D eigenvalue weighted by molar-refractivity contribution is 0.0909. The first kappa shape index (κ1) is 19.3. The maximum absolute atomic E-state index is 12.8. The van der Waals surface area contributed by atoms with Crippen molar-refractivity contribution in [1.82, 2.24) is 10.2 Å². The van der Waals surface area contributed by atoms with Crippen molar-refractivity contribution in [2.75, 3.05) is 19.6 Å². The molecule has 0 spiro atoms. The lowest BCUT2D eigenvalue weighted by Gasteiger charge is -2.35. The summed E-state index contributed by atoms with van der Waals surface area (Å²) in [5, 5.41) is 3.02. The van der Waals surface area contributed by atoms with E-state index in [9.17, 15) is 9.59 Å². The molecule has 0 radical (unpaired) electrons. The standard InChI is InChI=1S/C23H28N2O2/c1-17-9-8-14-25(16-17)18(2)15-24-23(27)21-13-7-6-12-20(21)22(26)19-10-4-3-5-11-19/h3-7,10-13,17-18H,8-9,14-16H2,1-2H3,(H,24,27). The largest absolute Gasteiger partial charge is 0.350 e. The van der Waals surface area contributed by atoms with E-state index in [0.717, 1.165) is 13.1 Å². The van der Waals surface area contributed by atoms with Crippen molar-refractivity contribution in [3.63, 3.8) is 0 Å². The molecule has 2 aromatic rings. The van der Waals surface area contributed by atoms with Gasteiger partial charge >= 0.3 is 0 Å². The van der Waals surface area contributed by atoms with Crippen molar-refractivity contribution in [3.8, 4) is 0 Å². The van der Waals surface area contributed by atoms with Crippen molar-refractivity contribution in [2.45, 2.75) is 32.7 Å². The zero-order chi connectivity index (χ0) is 19.2. The SMILES string of the molecule is CC1CCCN(C(C)CNC(=O)c2ccccc2C(=O)c2ccccc2)C1. The van der Waals surface area contributed by atoms with E-state index in [1.807, 2.05) is 18.2 Å². The number of carbonyl (C=O) groups is 2. The highest BCUT2D eigenvalue weighted by molar-refractivity contribution is 6.15. The molecule has 1 N–H and O–H groups in total. The highest BCUT2D eigenvalue weighted by Crippen LogP contribution is 2.18. The number of rotatable bonds is 6. The number of piperidine rings is 1. The first-order valence-electron chi connectivity index (χ1n) is 9.77. The van der Waals surface area contributed by atoms with E-state index in [4.69, 9.17) is 0 Å². The number of nitrogens with zero attached hydrogens (tertiary/aromatic N) is 1. The first-order chi connectivity index (χ1) is 13.1. The molecule has 1 saturated heterocycles. The van der Waals surface area contributed by atoms with Crippen LogP contribution in [0, 0.1) is 5.92 Å². The van der Waals surface area contributed by atoms with Crippen LogP contribution >= 0.6 is 0 Å². The van der Waals surface area contributed by atoms with Gasteiger partial charge in [-0.3, -0.25) is 14.5 Å². The van der Waals surface area contributed by atoms with Gasteiger partial charge in [-0.15, -0.1) is 0 Å². The molecule has 2 aromatic carbocycles. The van der Waals surface area contributed by atoms with Gasteiger partial charge in [0.25, 0.3) is 5.91 Å². The molecule has 1 heterocycles. The molecule has 0 saturated carbocycles. The van der Waals surface area contributed by atoms with Crippen LogP contribution in [-0.4, -0.2) is 42.3 Å². The molecule has 4 nitrogen and oxygen atoms in total. The maximum Gasteiger partial charge on any atom is 0.252 e. The Kier molecular flexibility index (Phi) is 6.40. The second kappa shape index (κ2) is 8.96. The summed E-state index contributed by atoms with van der Waals surface area (Å²) >= 11 is 0. The van der Waals surface area contributed by atoms with E-state index < -0.39 is 0 Å². The lowest BCUT2D eigenvalue weighted by Crippen LogP contribution is -2.46. The molecule has 142 valence electrons. The third-order valence-corrected chi connectivity index (χ3v) is 5.32. The van der Waals surface area contributed by atoms with Crippen LogP contribution in [0.15, 0.2) is 54.6 Å². The average molecular weight is 364 g/mol. The quantitative estimate of drug-likeness (QED) is 0.794. The molecule has 2 unspecified atom stereocenters. The first-order valence-corrected chi connectivity index (χ1v) is 9.77. The van der Waals surface area contributed by atoms with Crippen molar-refractivity contribution in [3.05, 3.63) is 71.3 Å². The number of amides is 1. The third-order valence-electron chi connectivity index (χ3n) is 5.32. The highest BCUT2D eigenvalue weighted by Gasteiger charge is 2.22. The molecule has 27 heavy (non-hydrogen) atoms. The Balaban J connectivity index is 1.67. The summed E-state index contributed by atoms with van der Waals surface area (Å²) in [5.74, 6) is 0.396. The number of ketones is 1. The van der Waals surface area contributed by atoms with E-state index in [2.05, 4.69) is 24.1 Å². The predicted molar refractivity (Wildman–Crippen MR) is 108 cm³/mol. The minimum Gasteiger partial charge on any atom is -0.350 e. The van der Waals surface area contributed by atoms with Gasteiger partial charge in [-0.25, -0.2) is 0 Å². The van der Waals surface area contributed by atoms with Crippen molar-refractivity contribution in [2.24, 2.45) is 5.92 Å². The molecule has 1 aliphatic rings. The van der Waals surface area contributed by atoms with Gasteiger partial charge in [-0.1, -0.05) is 55.5 Å². The molecule has 0 aromatic heterocycles. The average Bonchev–Trinajstić information content (AvgIpc) is 2.72. The second-order valence-corrected chi connectivity index (χ2v) is 7.54. The third kappa shape index (κ3) is 4.83. The van der Waals surface area contributed by atoms with Crippen LogP contribution in [-0.2, 0) is 0 Å². The van der Waals surface area contributed by atoms with Crippen LogP contribution in [0.4, 0.5) is 0 Å². The number of nitrogens with one attached hydrogen (secondary N) is 1. The van der Waals surface area contributed by atoms with Crippen LogP contribution in [0.2, 0.25) is 0 Å². The maximum atomic E-state index is 12.8. The van der Waals surface area contributed by atoms with Crippen molar-refractivity contribution >= 4 is 11.7 Å². The monoisotopic (exact) mass is 364 g/mol. The molecular weight excluding hydrogens is 336 g/mol. The van der Waals surface area contributed by atoms with Crippen LogP contribution in [0.25, 0.3) is 0 Å². The predicted octanol–water partition coefficient (Wildman–Crippen LogP) is 3.77. The number of carbonyl (C=O) groups excluding carboxylic acids is 2. The molecular formula is C23H28N2O2.